The summed E-state index contributed by atoms with van der Waals surface area (Å²) in [4.78, 5) is 15.2. The Hall–Kier alpha value is -2.51. The molecule has 0 atom stereocenters. The highest BCUT2D eigenvalue weighted by atomic mass is 32.1. The highest BCUT2D eigenvalue weighted by molar-refractivity contribution is 7.17. The number of aliphatic hydroxyl groups is 1. The molecule has 0 aliphatic carbocycles. The number of amides is 1. The molecule has 0 bridgehead atoms. The Labute approximate surface area is 168 Å². The van der Waals surface area contributed by atoms with Gasteiger partial charge in [-0.1, -0.05) is 48.5 Å². The number of carbonyl (C=O) groups excluding carboxylic acids is 1. The van der Waals surface area contributed by atoms with Crippen molar-refractivity contribution in [3.63, 3.8) is 0 Å². The second-order valence-electron chi connectivity index (χ2n) is 6.54. The smallest absolute Gasteiger partial charge is 0.284 e. The van der Waals surface area contributed by atoms with Gasteiger partial charge in [-0.3, -0.25) is 14.9 Å². The number of nitrogens with zero attached hydrogens (tertiary/aromatic N) is 1. The van der Waals surface area contributed by atoms with Crippen LogP contribution in [-0.2, 0) is 13.0 Å². The van der Waals surface area contributed by atoms with Crippen molar-refractivity contribution in [2.24, 2.45) is 0 Å². The lowest BCUT2D eigenvalue weighted by molar-refractivity contribution is 0.0711. The van der Waals surface area contributed by atoms with Crippen LogP contribution in [0.1, 0.15) is 20.8 Å². The highest BCUT2D eigenvalue weighted by Gasteiger charge is 2.11. The van der Waals surface area contributed by atoms with Gasteiger partial charge in [0, 0.05) is 24.5 Å². The number of hydrogen-bond acceptors (Lipinski definition) is 5. The largest absolute Gasteiger partial charge is 0.395 e. The van der Waals surface area contributed by atoms with E-state index in [4.69, 9.17) is 5.21 Å². The highest BCUT2D eigenvalue weighted by Crippen LogP contribution is 2.29. The molecule has 5 nitrogen and oxygen atoms in total. The van der Waals surface area contributed by atoms with E-state index in [0.717, 1.165) is 35.5 Å². The fourth-order valence-corrected chi connectivity index (χ4v) is 3.99. The van der Waals surface area contributed by atoms with Gasteiger partial charge in [0.15, 0.2) is 0 Å². The molecule has 3 rings (SSSR count). The number of hydrogen-bond donors (Lipinski definition) is 3. The topological polar surface area (TPSA) is 72.8 Å². The first-order chi connectivity index (χ1) is 13.7. The fraction of sp³-hybridized carbons (Fsp3) is 0.227. The molecule has 1 heterocycles. The Kier molecular flexibility index (Phi) is 7.33. The zero-order valence-electron chi connectivity index (χ0n) is 15.5. The van der Waals surface area contributed by atoms with Gasteiger partial charge in [-0.05, 0) is 41.3 Å². The standard InChI is InChI=1S/C22H24N2O3S/c25-14-13-24(12-11-17-5-2-1-3-6-17)16-18-7-4-8-19(15-18)20-9-10-21(28-20)22(26)23-27/h1-10,15,25,27H,11-14,16H2,(H,23,26). The molecule has 0 saturated carbocycles. The molecule has 6 heteroatoms. The van der Waals surface area contributed by atoms with Crippen molar-refractivity contribution in [2.45, 2.75) is 13.0 Å². The zero-order chi connectivity index (χ0) is 19.8. The van der Waals surface area contributed by atoms with Gasteiger partial charge in [0.1, 0.15) is 0 Å². The van der Waals surface area contributed by atoms with Crippen LogP contribution < -0.4 is 5.48 Å². The summed E-state index contributed by atoms with van der Waals surface area (Å²) in [6.07, 6.45) is 0.936. The normalized spacial score (nSPS) is 11.0. The summed E-state index contributed by atoms with van der Waals surface area (Å²) >= 11 is 1.34. The molecule has 28 heavy (non-hydrogen) atoms. The molecule has 0 aliphatic heterocycles. The van der Waals surface area contributed by atoms with Gasteiger partial charge in [0.2, 0.25) is 0 Å². The number of aliphatic hydroxyl groups excluding tert-OH is 1. The first-order valence-electron chi connectivity index (χ1n) is 9.20. The van der Waals surface area contributed by atoms with Crippen LogP contribution in [0, 0.1) is 0 Å². The monoisotopic (exact) mass is 396 g/mol. The van der Waals surface area contributed by atoms with Crippen molar-refractivity contribution < 1.29 is 15.1 Å². The maximum Gasteiger partial charge on any atom is 0.284 e. The van der Waals surface area contributed by atoms with Crippen molar-refractivity contribution in [1.82, 2.24) is 10.4 Å². The Balaban J connectivity index is 1.69. The Morgan fingerprint density at radius 1 is 0.964 bits per heavy atom. The second-order valence-corrected chi connectivity index (χ2v) is 7.62. The van der Waals surface area contributed by atoms with E-state index in [1.54, 1.807) is 11.5 Å². The third-order valence-corrected chi connectivity index (χ3v) is 5.66. The molecule has 0 aliphatic rings. The number of rotatable bonds is 9. The summed E-state index contributed by atoms with van der Waals surface area (Å²) in [5, 5.41) is 18.2. The molecule has 0 saturated heterocycles. The quantitative estimate of drug-likeness (QED) is 0.382. The van der Waals surface area contributed by atoms with Crippen LogP contribution in [0.3, 0.4) is 0 Å². The van der Waals surface area contributed by atoms with Crippen LogP contribution in [0.4, 0.5) is 0 Å². The summed E-state index contributed by atoms with van der Waals surface area (Å²) < 4.78 is 0. The maximum atomic E-state index is 11.6. The minimum Gasteiger partial charge on any atom is -0.395 e. The Bertz CT molecular complexity index is 896. The molecule has 3 N–H and O–H groups in total. The second kappa shape index (κ2) is 10.1. The van der Waals surface area contributed by atoms with Gasteiger partial charge in [-0.15, -0.1) is 11.3 Å². The van der Waals surface area contributed by atoms with E-state index in [-0.39, 0.29) is 6.61 Å². The fourth-order valence-electron chi connectivity index (χ4n) is 3.09. The zero-order valence-corrected chi connectivity index (χ0v) is 16.4. The molecule has 3 aromatic rings. The molecule has 0 spiro atoms. The minimum absolute atomic E-state index is 0.124. The van der Waals surface area contributed by atoms with Crippen LogP contribution in [0.2, 0.25) is 0 Å². The molecular formula is C22H24N2O3S. The van der Waals surface area contributed by atoms with E-state index in [0.29, 0.717) is 11.4 Å². The van der Waals surface area contributed by atoms with Gasteiger partial charge < -0.3 is 5.11 Å². The lowest BCUT2D eigenvalue weighted by Crippen LogP contribution is -2.28. The minimum atomic E-state index is -0.498. The lowest BCUT2D eigenvalue weighted by atomic mass is 10.1. The lowest BCUT2D eigenvalue weighted by Gasteiger charge is -2.21. The van der Waals surface area contributed by atoms with E-state index in [2.05, 4.69) is 29.2 Å². The van der Waals surface area contributed by atoms with Crippen molar-refractivity contribution in [3.05, 3.63) is 82.7 Å². The van der Waals surface area contributed by atoms with Crippen molar-refractivity contribution >= 4 is 17.2 Å². The van der Waals surface area contributed by atoms with Crippen LogP contribution in [0.25, 0.3) is 10.4 Å². The van der Waals surface area contributed by atoms with Crippen LogP contribution >= 0.6 is 11.3 Å². The summed E-state index contributed by atoms with van der Waals surface area (Å²) in [6.45, 7) is 2.36. The maximum absolute atomic E-state index is 11.6. The van der Waals surface area contributed by atoms with Crippen molar-refractivity contribution in [3.8, 4) is 10.4 Å². The average molecular weight is 397 g/mol. The Morgan fingerprint density at radius 3 is 2.50 bits per heavy atom. The number of hydroxylamine groups is 1. The average Bonchev–Trinajstić information content (AvgIpc) is 3.23. The number of nitrogens with one attached hydrogen (secondary N) is 1. The summed E-state index contributed by atoms with van der Waals surface area (Å²) in [6, 6.07) is 22.1. The molecule has 1 aromatic heterocycles. The SMILES string of the molecule is O=C(NO)c1ccc(-c2cccc(CN(CCO)CCc3ccccc3)c2)s1. The van der Waals surface area contributed by atoms with E-state index in [9.17, 15) is 9.90 Å². The molecule has 0 fully saturated rings. The summed E-state index contributed by atoms with van der Waals surface area (Å²) in [5.41, 5.74) is 5.14. The van der Waals surface area contributed by atoms with Gasteiger partial charge in [0.05, 0.1) is 11.5 Å². The first kappa shape index (κ1) is 20.2. The number of benzene rings is 2. The Morgan fingerprint density at radius 2 is 1.75 bits per heavy atom. The molecular weight excluding hydrogens is 372 g/mol. The number of thiophene rings is 1. The van der Waals surface area contributed by atoms with E-state index < -0.39 is 5.91 Å². The summed E-state index contributed by atoms with van der Waals surface area (Å²) in [5.74, 6) is -0.498. The number of carbonyl (C=O) groups is 1. The third-order valence-electron chi connectivity index (χ3n) is 4.52. The molecule has 0 unspecified atom stereocenters. The van der Waals surface area contributed by atoms with Crippen LogP contribution in [-0.4, -0.2) is 40.8 Å². The molecule has 0 radical (unpaired) electrons. The molecule has 2 aromatic carbocycles. The van der Waals surface area contributed by atoms with Gasteiger partial charge >= 0.3 is 0 Å². The third kappa shape index (κ3) is 5.50. The van der Waals surface area contributed by atoms with Crippen molar-refractivity contribution in [2.75, 3.05) is 19.7 Å². The predicted molar refractivity (Wildman–Crippen MR) is 112 cm³/mol. The first-order valence-corrected chi connectivity index (χ1v) is 10.0. The van der Waals surface area contributed by atoms with Crippen LogP contribution in [0.15, 0.2) is 66.7 Å². The van der Waals surface area contributed by atoms with E-state index in [1.165, 1.54) is 16.9 Å². The van der Waals surface area contributed by atoms with E-state index >= 15 is 0 Å². The molecule has 1 amide bonds. The van der Waals surface area contributed by atoms with E-state index in [1.807, 2.05) is 36.4 Å². The predicted octanol–water partition coefficient (Wildman–Crippen LogP) is 3.57. The van der Waals surface area contributed by atoms with Gasteiger partial charge in [-0.25, -0.2) is 5.48 Å². The van der Waals surface area contributed by atoms with Gasteiger partial charge in [-0.2, -0.15) is 0 Å². The molecule has 146 valence electrons. The van der Waals surface area contributed by atoms with Gasteiger partial charge in [0.25, 0.3) is 5.91 Å². The van der Waals surface area contributed by atoms with Crippen LogP contribution in [0.5, 0.6) is 0 Å². The van der Waals surface area contributed by atoms with Crippen molar-refractivity contribution in [1.29, 1.82) is 0 Å². The summed E-state index contributed by atoms with van der Waals surface area (Å²) in [7, 11) is 0.